The van der Waals surface area contributed by atoms with Gasteiger partial charge in [0.15, 0.2) is 0 Å². The molecule has 110 valence electrons. The fourth-order valence-electron chi connectivity index (χ4n) is 2.79. The molecule has 1 aromatic rings. The molecule has 0 aromatic heterocycles. The first-order chi connectivity index (χ1) is 9.63. The van der Waals surface area contributed by atoms with E-state index in [9.17, 15) is 0 Å². The smallest absolute Gasteiger partial charge is 0.143 e. The lowest BCUT2D eigenvalue weighted by Gasteiger charge is -2.32. The summed E-state index contributed by atoms with van der Waals surface area (Å²) in [5.41, 5.74) is 8.15. The van der Waals surface area contributed by atoms with Gasteiger partial charge in [-0.3, -0.25) is 4.90 Å². The summed E-state index contributed by atoms with van der Waals surface area (Å²) in [6.45, 7) is 4.78. The second-order valence-corrected chi connectivity index (χ2v) is 5.41. The highest BCUT2D eigenvalue weighted by Gasteiger charge is 2.23. The number of ether oxygens (including phenoxy) is 1. The molecule has 1 aromatic carbocycles. The van der Waals surface area contributed by atoms with Crippen molar-refractivity contribution in [3.63, 3.8) is 0 Å². The average Bonchev–Trinajstić information content (AvgIpc) is 2.47. The maximum Gasteiger partial charge on any atom is 0.143 e. The molecule has 1 unspecified atom stereocenters. The summed E-state index contributed by atoms with van der Waals surface area (Å²) in [5, 5.41) is 12.0. The van der Waals surface area contributed by atoms with Crippen LogP contribution in [0.1, 0.15) is 24.0 Å². The Labute approximate surface area is 120 Å². The van der Waals surface area contributed by atoms with Crippen molar-refractivity contribution >= 4 is 5.84 Å². The Morgan fingerprint density at radius 1 is 1.55 bits per heavy atom. The highest BCUT2D eigenvalue weighted by Crippen LogP contribution is 2.24. The van der Waals surface area contributed by atoms with Crippen LogP contribution in [-0.4, -0.2) is 36.1 Å². The first-order valence-electron chi connectivity index (χ1n) is 6.97. The van der Waals surface area contributed by atoms with Crippen LogP contribution in [0.3, 0.4) is 0 Å². The van der Waals surface area contributed by atoms with Crippen molar-refractivity contribution in [1.29, 1.82) is 0 Å². The Bertz CT molecular complexity index is 488. The van der Waals surface area contributed by atoms with E-state index >= 15 is 0 Å². The number of rotatable bonds is 4. The number of methoxy groups -OCH3 is 1. The Morgan fingerprint density at radius 2 is 2.35 bits per heavy atom. The minimum absolute atomic E-state index is 0.143. The second-order valence-electron chi connectivity index (χ2n) is 5.41. The van der Waals surface area contributed by atoms with Gasteiger partial charge in [-0.25, -0.2) is 0 Å². The fraction of sp³-hybridized carbons (Fsp3) is 0.533. The molecule has 2 rings (SSSR count). The molecule has 0 saturated carbocycles. The summed E-state index contributed by atoms with van der Waals surface area (Å²) in [6, 6.07) is 6.22. The molecule has 0 spiro atoms. The Balaban J connectivity index is 2.08. The Morgan fingerprint density at radius 3 is 3.05 bits per heavy atom. The molecule has 0 aliphatic carbocycles. The SMILES string of the molecule is COc1ccc(C)cc1CN1CCCC(C(N)=NO)C1. The zero-order chi connectivity index (χ0) is 14.5. The highest BCUT2D eigenvalue weighted by molar-refractivity contribution is 5.82. The van der Waals surface area contributed by atoms with Crippen LogP contribution in [0.5, 0.6) is 5.75 Å². The first-order valence-corrected chi connectivity index (χ1v) is 6.97. The molecule has 1 fully saturated rings. The standard InChI is InChI=1S/C15H23N3O2/c1-11-5-6-14(20-2)13(8-11)10-18-7-3-4-12(9-18)15(16)17-19/h5-6,8,12,19H,3-4,7,9-10H2,1-2H3,(H2,16,17). The summed E-state index contributed by atoms with van der Waals surface area (Å²) in [4.78, 5) is 2.34. The van der Waals surface area contributed by atoms with Gasteiger partial charge in [0.1, 0.15) is 11.6 Å². The van der Waals surface area contributed by atoms with Gasteiger partial charge in [0.05, 0.1) is 7.11 Å². The molecule has 1 saturated heterocycles. The number of nitrogens with two attached hydrogens (primary N) is 1. The third-order valence-corrected chi connectivity index (χ3v) is 3.87. The number of amidine groups is 1. The van der Waals surface area contributed by atoms with E-state index in [2.05, 4.69) is 29.1 Å². The van der Waals surface area contributed by atoms with E-state index in [-0.39, 0.29) is 5.92 Å². The third kappa shape index (κ3) is 3.42. The number of benzene rings is 1. The summed E-state index contributed by atoms with van der Waals surface area (Å²) >= 11 is 0. The lowest BCUT2D eigenvalue weighted by atomic mass is 9.96. The van der Waals surface area contributed by atoms with Crippen LogP contribution in [0.4, 0.5) is 0 Å². The van der Waals surface area contributed by atoms with Crippen molar-refractivity contribution < 1.29 is 9.94 Å². The topological polar surface area (TPSA) is 71.1 Å². The van der Waals surface area contributed by atoms with Crippen molar-refractivity contribution in [2.24, 2.45) is 16.8 Å². The molecular weight excluding hydrogens is 254 g/mol. The molecule has 1 aliphatic heterocycles. The van der Waals surface area contributed by atoms with Gasteiger partial charge in [-0.1, -0.05) is 22.9 Å². The monoisotopic (exact) mass is 277 g/mol. The Hall–Kier alpha value is -1.75. The maximum atomic E-state index is 8.81. The molecule has 5 heteroatoms. The number of likely N-dealkylation sites (tertiary alicyclic amines) is 1. The predicted molar refractivity (Wildman–Crippen MR) is 79.1 cm³/mol. The maximum absolute atomic E-state index is 8.81. The molecule has 0 bridgehead atoms. The van der Waals surface area contributed by atoms with E-state index in [4.69, 9.17) is 15.7 Å². The predicted octanol–water partition coefficient (Wildman–Crippen LogP) is 1.96. The molecule has 3 N–H and O–H groups in total. The number of piperidine rings is 1. The van der Waals surface area contributed by atoms with Crippen molar-refractivity contribution in [2.75, 3.05) is 20.2 Å². The minimum atomic E-state index is 0.143. The fourth-order valence-corrected chi connectivity index (χ4v) is 2.79. The summed E-state index contributed by atoms with van der Waals surface area (Å²) in [5.74, 6) is 1.40. The molecule has 20 heavy (non-hydrogen) atoms. The molecular formula is C15H23N3O2. The second kappa shape index (κ2) is 6.61. The third-order valence-electron chi connectivity index (χ3n) is 3.87. The first kappa shape index (κ1) is 14.7. The largest absolute Gasteiger partial charge is 0.496 e. The summed E-state index contributed by atoms with van der Waals surface area (Å²) in [6.07, 6.45) is 2.05. The minimum Gasteiger partial charge on any atom is -0.496 e. The van der Waals surface area contributed by atoms with E-state index in [0.717, 1.165) is 38.2 Å². The van der Waals surface area contributed by atoms with Crippen molar-refractivity contribution in [2.45, 2.75) is 26.3 Å². The van der Waals surface area contributed by atoms with Gasteiger partial charge in [-0.05, 0) is 32.4 Å². The van der Waals surface area contributed by atoms with E-state index in [0.29, 0.717) is 5.84 Å². The van der Waals surface area contributed by atoms with Gasteiger partial charge in [0, 0.05) is 24.6 Å². The van der Waals surface area contributed by atoms with Gasteiger partial charge < -0.3 is 15.7 Å². The van der Waals surface area contributed by atoms with E-state index in [1.54, 1.807) is 7.11 Å². The lowest BCUT2D eigenvalue weighted by Crippen LogP contribution is -2.40. The normalized spacial score (nSPS) is 20.9. The number of hydrogen-bond donors (Lipinski definition) is 2. The molecule has 5 nitrogen and oxygen atoms in total. The van der Waals surface area contributed by atoms with Gasteiger partial charge in [-0.2, -0.15) is 0 Å². The van der Waals surface area contributed by atoms with Crippen LogP contribution >= 0.6 is 0 Å². The Kier molecular flexibility index (Phi) is 4.84. The zero-order valence-electron chi connectivity index (χ0n) is 12.2. The van der Waals surface area contributed by atoms with Crippen molar-refractivity contribution in [3.8, 4) is 5.75 Å². The summed E-state index contributed by atoms with van der Waals surface area (Å²) < 4.78 is 5.42. The van der Waals surface area contributed by atoms with E-state index < -0.39 is 0 Å². The van der Waals surface area contributed by atoms with Crippen molar-refractivity contribution in [1.82, 2.24) is 4.90 Å². The molecule has 0 amide bonds. The molecule has 0 radical (unpaired) electrons. The number of oxime groups is 1. The van der Waals surface area contributed by atoms with Crippen molar-refractivity contribution in [3.05, 3.63) is 29.3 Å². The molecule has 1 atom stereocenters. The average molecular weight is 277 g/mol. The van der Waals surface area contributed by atoms with Gasteiger partial charge in [0.25, 0.3) is 0 Å². The quantitative estimate of drug-likeness (QED) is 0.382. The molecule has 1 heterocycles. The van der Waals surface area contributed by atoms with Crippen LogP contribution in [0.2, 0.25) is 0 Å². The lowest BCUT2D eigenvalue weighted by molar-refractivity contribution is 0.191. The van der Waals surface area contributed by atoms with Crippen LogP contribution in [-0.2, 0) is 6.54 Å². The zero-order valence-corrected chi connectivity index (χ0v) is 12.2. The van der Waals surface area contributed by atoms with E-state index in [1.165, 1.54) is 11.1 Å². The van der Waals surface area contributed by atoms with Gasteiger partial charge in [0.2, 0.25) is 0 Å². The van der Waals surface area contributed by atoms with Crippen LogP contribution in [0.15, 0.2) is 23.4 Å². The molecule has 1 aliphatic rings. The van der Waals surface area contributed by atoms with Crippen LogP contribution < -0.4 is 10.5 Å². The van der Waals surface area contributed by atoms with Crippen LogP contribution in [0, 0.1) is 12.8 Å². The number of aryl methyl sites for hydroxylation is 1. The van der Waals surface area contributed by atoms with Gasteiger partial charge >= 0.3 is 0 Å². The number of hydrogen-bond acceptors (Lipinski definition) is 4. The van der Waals surface area contributed by atoms with Crippen LogP contribution in [0.25, 0.3) is 0 Å². The summed E-state index contributed by atoms with van der Waals surface area (Å²) in [7, 11) is 1.70. The number of nitrogens with zero attached hydrogens (tertiary/aromatic N) is 2. The highest BCUT2D eigenvalue weighted by atomic mass is 16.5. The van der Waals surface area contributed by atoms with E-state index in [1.807, 2.05) is 6.07 Å². The van der Waals surface area contributed by atoms with Gasteiger partial charge in [-0.15, -0.1) is 0 Å².